The number of ether oxygens (including phenoxy) is 1. The van der Waals surface area contributed by atoms with Gasteiger partial charge in [-0.05, 0) is 55.7 Å². The van der Waals surface area contributed by atoms with Crippen molar-refractivity contribution in [2.24, 2.45) is 0 Å². The molecule has 0 radical (unpaired) electrons. The predicted molar refractivity (Wildman–Crippen MR) is 107 cm³/mol. The lowest BCUT2D eigenvalue weighted by Gasteiger charge is -2.34. The lowest BCUT2D eigenvalue weighted by Crippen LogP contribution is -2.42. The SMILES string of the molecule is CCCCc1ccc(NC(=O)CN2CC(C)Oc3ccc(N)cc32)cc1. The third-order valence-corrected chi connectivity index (χ3v) is 4.52. The summed E-state index contributed by atoms with van der Waals surface area (Å²) in [6.45, 7) is 5.10. The molecule has 0 aromatic heterocycles. The molecule has 5 heteroatoms. The minimum absolute atomic E-state index is 0.0248. The third-order valence-electron chi connectivity index (χ3n) is 4.52. The van der Waals surface area contributed by atoms with Crippen molar-refractivity contribution in [1.29, 1.82) is 0 Å². The van der Waals surface area contributed by atoms with E-state index in [4.69, 9.17) is 10.5 Å². The minimum Gasteiger partial charge on any atom is -0.487 e. The zero-order chi connectivity index (χ0) is 18.5. The second kappa shape index (κ2) is 8.13. The van der Waals surface area contributed by atoms with Crippen LogP contribution in [0.25, 0.3) is 0 Å². The van der Waals surface area contributed by atoms with Crippen molar-refractivity contribution in [3.8, 4) is 5.75 Å². The summed E-state index contributed by atoms with van der Waals surface area (Å²) in [6, 6.07) is 13.6. The number of unbranched alkanes of at least 4 members (excludes halogenated alkanes) is 1. The van der Waals surface area contributed by atoms with Gasteiger partial charge in [0.1, 0.15) is 11.9 Å². The largest absolute Gasteiger partial charge is 0.487 e. The van der Waals surface area contributed by atoms with Crippen LogP contribution in [-0.4, -0.2) is 25.1 Å². The molecule has 3 N–H and O–H groups in total. The van der Waals surface area contributed by atoms with Crippen LogP contribution in [-0.2, 0) is 11.2 Å². The fraction of sp³-hybridized carbons (Fsp3) is 0.381. The number of carbonyl (C=O) groups excluding carboxylic acids is 1. The molecule has 1 amide bonds. The first-order valence-electron chi connectivity index (χ1n) is 9.25. The first-order valence-corrected chi connectivity index (χ1v) is 9.25. The number of rotatable bonds is 6. The molecule has 2 aromatic rings. The Kier molecular flexibility index (Phi) is 5.66. The van der Waals surface area contributed by atoms with Gasteiger partial charge in [0, 0.05) is 11.4 Å². The summed E-state index contributed by atoms with van der Waals surface area (Å²) in [7, 11) is 0. The molecule has 26 heavy (non-hydrogen) atoms. The molecule has 0 bridgehead atoms. The third kappa shape index (κ3) is 4.48. The second-order valence-corrected chi connectivity index (χ2v) is 6.88. The van der Waals surface area contributed by atoms with Crippen LogP contribution in [0.1, 0.15) is 32.3 Å². The summed E-state index contributed by atoms with van der Waals surface area (Å²) in [5, 5.41) is 2.98. The molecule has 1 heterocycles. The Morgan fingerprint density at radius 2 is 2.04 bits per heavy atom. The van der Waals surface area contributed by atoms with Gasteiger partial charge in [0.2, 0.25) is 5.91 Å². The Bertz CT molecular complexity index is 758. The van der Waals surface area contributed by atoms with Crippen LogP contribution in [0.15, 0.2) is 42.5 Å². The van der Waals surface area contributed by atoms with Gasteiger partial charge in [-0.3, -0.25) is 4.79 Å². The maximum Gasteiger partial charge on any atom is 0.243 e. The summed E-state index contributed by atoms with van der Waals surface area (Å²) >= 11 is 0. The van der Waals surface area contributed by atoms with E-state index in [0.29, 0.717) is 12.2 Å². The molecule has 138 valence electrons. The Hall–Kier alpha value is -2.69. The van der Waals surface area contributed by atoms with Gasteiger partial charge in [-0.2, -0.15) is 0 Å². The molecule has 1 aliphatic rings. The van der Waals surface area contributed by atoms with Crippen molar-refractivity contribution < 1.29 is 9.53 Å². The maximum absolute atomic E-state index is 12.5. The van der Waals surface area contributed by atoms with Gasteiger partial charge in [0.25, 0.3) is 0 Å². The monoisotopic (exact) mass is 353 g/mol. The number of nitrogens with one attached hydrogen (secondary N) is 1. The van der Waals surface area contributed by atoms with Crippen LogP contribution in [0, 0.1) is 0 Å². The average Bonchev–Trinajstić information content (AvgIpc) is 2.61. The van der Waals surface area contributed by atoms with Crippen LogP contribution < -0.4 is 20.7 Å². The molecular formula is C21H27N3O2. The van der Waals surface area contributed by atoms with Gasteiger partial charge < -0.3 is 20.7 Å². The second-order valence-electron chi connectivity index (χ2n) is 6.88. The van der Waals surface area contributed by atoms with Gasteiger partial charge >= 0.3 is 0 Å². The van der Waals surface area contributed by atoms with E-state index in [-0.39, 0.29) is 18.6 Å². The van der Waals surface area contributed by atoms with E-state index >= 15 is 0 Å². The molecule has 3 rings (SSSR count). The molecule has 1 aliphatic heterocycles. The van der Waals surface area contributed by atoms with Crippen molar-refractivity contribution in [2.75, 3.05) is 29.0 Å². The van der Waals surface area contributed by atoms with E-state index < -0.39 is 0 Å². The molecule has 0 aliphatic carbocycles. The average molecular weight is 353 g/mol. The number of fused-ring (bicyclic) bond motifs is 1. The summed E-state index contributed by atoms with van der Waals surface area (Å²) in [6.07, 6.45) is 3.47. The molecule has 1 unspecified atom stereocenters. The number of aryl methyl sites for hydroxylation is 1. The van der Waals surface area contributed by atoms with Crippen LogP contribution >= 0.6 is 0 Å². The Balaban J connectivity index is 1.64. The highest BCUT2D eigenvalue weighted by molar-refractivity contribution is 5.94. The molecule has 5 nitrogen and oxygen atoms in total. The van der Waals surface area contributed by atoms with Gasteiger partial charge in [-0.15, -0.1) is 0 Å². The Morgan fingerprint density at radius 1 is 1.27 bits per heavy atom. The lowest BCUT2D eigenvalue weighted by atomic mass is 10.1. The quantitative estimate of drug-likeness (QED) is 0.775. The normalized spacial score (nSPS) is 15.9. The van der Waals surface area contributed by atoms with Gasteiger partial charge in [-0.25, -0.2) is 0 Å². The number of hydrogen-bond acceptors (Lipinski definition) is 4. The van der Waals surface area contributed by atoms with E-state index in [0.717, 1.165) is 23.5 Å². The fourth-order valence-corrected chi connectivity index (χ4v) is 3.20. The predicted octanol–water partition coefficient (Wildman–Crippen LogP) is 3.84. The van der Waals surface area contributed by atoms with E-state index in [1.165, 1.54) is 18.4 Å². The summed E-state index contributed by atoms with van der Waals surface area (Å²) in [5.41, 5.74) is 9.56. The van der Waals surface area contributed by atoms with Crippen LogP contribution in [0.5, 0.6) is 5.75 Å². The molecule has 1 atom stereocenters. The minimum atomic E-state index is -0.0474. The highest BCUT2D eigenvalue weighted by Gasteiger charge is 2.24. The van der Waals surface area contributed by atoms with Crippen molar-refractivity contribution in [2.45, 2.75) is 39.2 Å². The van der Waals surface area contributed by atoms with E-state index in [2.05, 4.69) is 24.4 Å². The number of nitrogen functional groups attached to an aromatic ring is 1. The number of nitrogens with two attached hydrogens (primary N) is 1. The number of benzene rings is 2. The molecule has 0 fully saturated rings. The van der Waals surface area contributed by atoms with Crippen molar-refractivity contribution in [1.82, 2.24) is 0 Å². The number of nitrogens with zero attached hydrogens (tertiary/aromatic N) is 1. The summed E-state index contributed by atoms with van der Waals surface area (Å²) in [4.78, 5) is 14.5. The molecule has 0 saturated heterocycles. The number of amides is 1. The molecular weight excluding hydrogens is 326 g/mol. The van der Waals surface area contributed by atoms with Crippen molar-refractivity contribution in [3.05, 3.63) is 48.0 Å². The fourth-order valence-electron chi connectivity index (χ4n) is 3.20. The van der Waals surface area contributed by atoms with E-state index in [1.54, 1.807) is 0 Å². The number of hydrogen-bond donors (Lipinski definition) is 2. The summed E-state index contributed by atoms with van der Waals surface area (Å²) in [5.74, 6) is 0.722. The van der Waals surface area contributed by atoms with Crippen LogP contribution in [0.4, 0.5) is 17.1 Å². The molecule has 0 saturated carbocycles. The number of anilines is 3. The summed E-state index contributed by atoms with van der Waals surface area (Å²) < 4.78 is 5.83. The highest BCUT2D eigenvalue weighted by Crippen LogP contribution is 2.34. The first kappa shape index (κ1) is 18.1. The van der Waals surface area contributed by atoms with Crippen molar-refractivity contribution in [3.63, 3.8) is 0 Å². The Morgan fingerprint density at radius 3 is 2.77 bits per heavy atom. The zero-order valence-corrected chi connectivity index (χ0v) is 15.5. The lowest BCUT2D eigenvalue weighted by molar-refractivity contribution is -0.115. The van der Waals surface area contributed by atoms with Crippen LogP contribution in [0.2, 0.25) is 0 Å². The van der Waals surface area contributed by atoms with Gasteiger partial charge in [-0.1, -0.05) is 25.5 Å². The molecule has 2 aromatic carbocycles. The van der Waals surface area contributed by atoms with E-state index in [9.17, 15) is 4.79 Å². The smallest absolute Gasteiger partial charge is 0.243 e. The Labute approximate surface area is 155 Å². The molecule has 0 spiro atoms. The van der Waals surface area contributed by atoms with Gasteiger partial charge in [0.15, 0.2) is 0 Å². The highest BCUT2D eigenvalue weighted by atomic mass is 16.5. The topological polar surface area (TPSA) is 67.6 Å². The number of carbonyl (C=O) groups is 1. The standard InChI is InChI=1S/C21H27N3O2/c1-3-4-5-16-6-9-18(10-7-16)23-21(25)14-24-13-15(2)26-20-11-8-17(22)12-19(20)24/h6-12,15H,3-5,13-14,22H2,1-2H3,(H,23,25). The van der Waals surface area contributed by atoms with Crippen LogP contribution in [0.3, 0.4) is 0 Å². The zero-order valence-electron chi connectivity index (χ0n) is 15.5. The van der Waals surface area contributed by atoms with Gasteiger partial charge in [0.05, 0.1) is 18.8 Å². The van der Waals surface area contributed by atoms with E-state index in [1.807, 2.05) is 42.2 Å². The first-order chi connectivity index (χ1) is 12.5. The van der Waals surface area contributed by atoms with Crippen molar-refractivity contribution >= 4 is 23.0 Å². The maximum atomic E-state index is 12.5.